The first-order valence-corrected chi connectivity index (χ1v) is 24.3. The van der Waals surface area contributed by atoms with Crippen molar-refractivity contribution in [2.45, 2.75) is 200 Å². The normalized spacial score (nSPS) is 13.8. The van der Waals surface area contributed by atoms with Crippen LogP contribution in [-0.2, 0) is 32.7 Å². The molecule has 0 bridgehead atoms. The molecule has 3 N–H and O–H groups in total. The second-order valence-corrected chi connectivity index (χ2v) is 16.3. The van der Waals surface area contributed by atoms with Crippen LogP contribution in [0.15, 0.2) is 60.8 Å². The molecule has 0 radical (unpaired) electrons. The summed E-state index contributed by atoms with van der Waals surface area (Å²) in [7, 11) is -4.38. The fourth-order valence-corrected chi connectivity index (χ4v) is 6.78. The summed E-state index contributed by atoms with van der Waals surface area (Å²) in [4.78, 5) is 34.8. The molecule has 2 unspecified atom stereocenters. The zero-order chi connectivity index (χ0) is 41.8. The summed E-state index contributed by atoms with van der Waals surface area (Å²) in [5.41, 5.74) is 5.35. The van der Waals surface area contributed by atoms with Crippen LogP contribution >= 0.6 is 7.82 Å². The quantitative estimate of drug-likeness (QED) is 0.0267. The van der Waals surface area contributed by atoms with E-state index in [1.807, 2.05) is 0 Å². The summed E-state index contributed by atoms with van der Waals surface area (Å²) < 4.78 is 32.8. The van der Waals surface area contributed by atoms with E-state index in [2.05, 4.69) is 74.6 Å². The van der Waals surface area contributed by atoms with E-state index in [0.717, 1.165) is 89.9 Å². The van der Waals surface area contributed by atoms with Gasteiger partial charge in [0.25, 0.3) is 0 Å². The zero-order valence-corrected chi connectivity index (χ0v) is 37.2. The van der Waals surface area contributed by atoms with Crippen molar-refractivity contribution in [1.82, 2.24) is 0 Å². The van der Waals surface area contributed by atoms with Gasteiger partial charge < -0.3 is 20.1 Å². The molecule has 330 valence electrons. The molecule has 0 amide bonds. The van der Waals surface area contributed by atoms with Crippen molar-refractivity contribution in [3.63, 3.8) is 0 Å². The molecule has 57 heavy (non-hydrogen) atoms. The number of hydrogen-bond donors (Lipinski definition) is 2. The molecule has 0 aromatic carbocycles. The standard InChI is InChI=1S/C47H84NO8P/c1-3-5-7-9-11-13-15-16-17-18-19-20-21-22-23-24-25-26-27-28-30-32-34-36-38-40-47(50)56-45(44-55-57(51,52)54-42-41-48)43-53-46(49)39-37-35-33-31-29-14-12-10-8-6-4-2/h5,7,10-13,16-17,19-20,45H,3-4,6,8-9,14-15,18,21-44,48H2,1-2H3,(H,51,52)/b7-5-,12-10-,13-11-,17-16-,20-19-. The van der Waals surface area contributed by atoms with Crippen molar-refractivity contribution in [3.8, 4) is 0 Å². The number of carbonyl (C=O) groups excluding carboxylic acids is 2. The van der Waals surface area contributed by atoms with Gasteiger partial charge in [-0.25, -0.2) is 4.57 Å². The Balaban J connectivity index is 4.04. The molecule has 0 fully saturated rings. The largest absolute Gasteiger partial charge is 0.472 e. The Morgan fingerprint density at radius 1 is 0.544 bits per heavy atom. The van der Waals surface area contributed by atoms with Crippen LogP contribution in [0.25, 0.3) is 0 Å². The highest BCUT2D eigenvalue weighted by Crippen LogP contribution is 2.43. The maximum atomic E-state index is 12.6. The molecule has 0 heterocycles. The number of hydrogen-bond acceptors (Lipinski definition) is 8. The average Bonchev–Trinajstić information content (AvgIpc) is 3.20. The Morgan fingerprint density at radius 3 is 1.46 bits per heavy atom. The minimum atomic E-state index is -4.38. The zero-order valence-electron chi connectivity index (χ0n) is 36.3. The van der Waals surface area contributed by atoms with Crippen LogP contribution in [0.5, 0.6) is 0 Å². The fourth-order valence-electron chi connectivity index (χ4n) is 6.02. The predicted molar refractivity (Wildman–Crippen MR) is 238 cm³/mol. The van der Waals surface area contributed by atoms with E-state index in [1.54, 1.807) is 0 Å². The summed E-state index contributed by atoms with van der Waals surface area (Å²) in [5, 5.41) is 0. The molecule has 10 heteroatoms. The lowest BCUT2D eigenvalue weighted by molar-refractivity contribution is -0.161. The van der Waals surface area contributed by atoms with Crippen LogP contribution in [-0.4, -0.2) is 49.3 Å². The van der Waals surface area contributed by atoms with Crippen molar-refractivity contribution in [3.05, 3.63) is 60.8 Å². The van der Waals surface area contributed by atoms with Gasteiger partial charge in [0.15, 0.2) is 6.10 Å². The molecule has 0 rings (SSSR count). The van der Waals surface area contributed by atoms with Crippen LogP contribution in [0.1, 0.15) is 194 Å². The predicted octanol–water partition coefficient (Wildman–Crippen LogP) is 13.3. The van der Waals surface area contributed by atoms with Gasteiger partial charge >= 0.3 is 19.8 Å². The lowest BCUT2D eigenvalue weighted by Gasteiger charge is -2.19. The summed E-state index contributed by atoms with van der Waals surface area (Å²) in [6.07, 6.45) is 51.2. The number of nitrogens with two attached hydrogens (primary N) is 1. The molecule has 0 aromatic heterocycles. The first-order chi connectivity index (χ1) is 27.8. The fraction of sp³-hybridized carbons (Fsp3) is 0.745. The lowest BCUT2D eigenvalue weighted by atomic mass is 10.0. The van der Waals surface area contributed by atoms with Gasteiger partial charge in [-0.15, -0.1) is 0 Å². The van der Waals surface area contributed by atoms with Gasteiger partial charge in [-0.3, -0.25) is 18.6 Å². The number of allylic oxidation sites excluding steroid dienone is 10. The van der Waals surface area contributed by atoms with E-state index >= 15 is 0 Å². The van der Waals surface area contributed by atoms with E-state index in [4.69, 9.17) is 24.3 Å². The van der Waals surface area contributed by atoms with E-state index in [9.17, 15) is 19.0 Å². The summed E-state index contributed by atoms with van der Waals surface area (Å²) >= 11 is 0. The number of rotatable bonds is 42. The second-order valence-electron chi connectivity index (χ2n) is 14.9. The van der Waals surface area contributed by atoms with Crippen molar-refractivity contribution >= 4 is 19.8 Å². The Kier molecular flexibility index (Phi) is 41.6. The van der Waals surface area contributed by atoms with Crippen LogP contribution in [0.4, 0.5) is 0 Å². The van der Waals surface area contributed by atoms with Crippen LogP contribution < -0.4 is 5.73 Å². The highest BCUT2D eigenvalue weighted by Gasteiger charge is 2.26. The molecular formula is C47H84NO8P. The van der Waals surface area contributed by atoms with E-state index in [1.165, 1.54) is 70.6 Å². The third kappa shape index (κ3) is 43.1. The second kappa shape index (κ2) is 43.3. The maximum Gasteiger partial charge on any atom is 0.472 e. The van der Waals surface area contributed by atoms with Gasteiger partial charge in [-0.1, -0.05) is 171 Å². The summed E-state index contributed by atoms with van der Waals surface area (Å²) in [6, 6.07) is 0. The lowest BCUT2D eigenvalue weighted by Crippen LogP contribution is -2.29. The Bertz CT molecular complexity index is 1120. The number of carbonyl (C=O) groups is 2. The van der Waals surface area contributed by atoms with Gasteiger partial charge in [-0.05, 0) is 70.6 Å². The maximum absolute atomic E-state index is 12.6. The van der Waals surface area contributed by atoms with Gasteiger partial charge in [-0.2, -0.15) is 0 Å². The number of phosphoric acid groups is 1. The van der Waals surface area contributed by atoms with Crippen LogP contribution in [0.2, 0.25) is 0 Å². The number of phosphoric ester groups is 1. The molecular weight excluding hydrogens is 737 g/mol. The van der Waals surface area contributed by atoms with Gasteiger partial charge in [0, 0.05) is 19.4 Å². The van der Waals surface area contributed by atoms with Crippen molar-refractivity contribution in [2.24, 2.45) is 5.73 Å². The Labute approximate surface area is 349 Å². The van der Waals surface area contributed by atoms with Crippen LogP contribution in [0, 0.1) is 0 Å². The Morgan fingerprint density at radius 2 is 0.965 bits per heavy atom. The minimum Gasteiger partial charge on any atom is -0.462 e. The first-order valence-electron chi connectivity index (χ1n) is 22.8. The average molecular weight is 822 g/mol. The molecule has 0 aromatic rings. The molecule has 0 saturated carbocycles. The third-order valence-electron chi connectivity index (χ3n) is 9.39. The van der Waals surface area contributed by atoms with Gasteiger partial charge in [0.1, 0.15) is 6.61 Å². The molecule has 9 nitrogen and oxygen atoms in total. The van der Waals surface area contributed by atoms with E-state index in [-0.39, 0.29) is 32.6 Å². The Hall–Kier alpha value is -2.29. The molecule has 2 atom stereocenters. The summed E-state index contributed by atoms with van der Waals surface area (Å²) in [5.74, 6) is -0.844. The third-order valence-corrected chi connectivity index (χ3v) is 10.4. The van der Waals surface area contributed by atoms with Gasteiger partial charge in [0.05, 0.1) is 13.2 Å². The number of unbranched alkanes of at least 4 members (excludes halogenated alkanes) is 19. The topological polar surface area (TPSA) is 134 Å². The smallest absolute Gasteiger partial charge is 0.462 e. The minimum absolute atomic E-state index is 0.0502. The van der Waals surface area contributed by atoms with Crippen molar-refractivity contribution in [2.75, 3.05) is 26.4 Å². The first kappa shape index (κ1) is 54.7. The molecule has 0 saturated heterocycles. The van der Waals surface area contributed by atoms with E-state index < -0.39 is 32.5 Å². The SMILES string of the molecule is CC/C=C\C/C=C\C/C=C\C/C=C\CCCCCCCCCCCCCCC(=O)OC(COC(=O)CCCCCCC/C=C\CCCC)COP(=O)(O)OCCN. The monoisotopic (exact) mass is 822 g/mol. The molecule has 0 aliphatic heterocycles. The highest BCUT2D eigenvalue weighted by atomic mass is 31.2. The summed E-state index contributed by atoms with van der Waals surface area (Å²) in [6.45, 7) is 3.57. The van der Waals surface area contributed by atoms with Gasteiger partial charge in [0.2, 0.25) is 0 Å². The number of ether oxygens (including phenoxy) is 2. The van der Waals surface area contributed by atoms with Crippen molar-refractivity contribution in [1.29, 1.82) is 0 Å². The number of esters is 2. The molecule has 0 aliphatic rings. The molecule has 0 aliphatic carbocycles. The molecule has 0 spiro atoms. The van der Waals surface area contributed by atoms with Crippen molar-refractivity contribution < 1.29 is 37.6 Å². The van der Waals surface area contributed by atoms with E-state index in [0.29, 0.717) is 6.42 Å². The highest BCUT2D eigenvalue weighted by molar-refractivity contribution is 7.47. The van der Waals surface area contributed by atoms with Crippen LogP contribution in [0.3, 0.4) is 0 Å².